The fourth-order valence-corrected chi connectivity index (χ4v) is 2.62. The second-order valence-corrected chi connectivity index (χ2v) is 4.97. The van der Waals surface area contributed by atoms with E-state index in [4.69, 9.17) is 15.2 Å². The van der Waals surface area contributed by atoms with E-state index in [0.29, 0.717) is 11.3 Å². The Morgan fingerprint density at radius 1 is 1.23 bits per heavy atom. The van der Waals surface area contributed by atoms with Crippen LogP contribution in [0.4, 0.5) is 0 Å². The number of Topliss-reactive ketones (excluding diaryl/α,β-unsaturated/α-hetero) is 1. The van der Waals surface area contributed by atoms with Gasteiger partial charge in [-0.2, -0.15) is 0 Å². The molecule has 1 aliphatic heterocycles. The number of esters is 1. The summed E-state index contributed by atoms with van der Waals surface area (Å²) >= 11 is 0. The maximum atomic E-state index is 12.3. The molecule has 0 unspecified atom stereocenters. The minimum atomic E-state index is -0.577. The van der Waals surface area contributed by atoms with Crippen LogP contribution in [0.5, 0.6) is 0 Å². The molecule has 0 fully saturated rings. The van der Waals surface area contributed by atoms with Crippen molar-refractivity contribution in [2.75, 3.05) is 6.61 Å². The van der Waals surface area contributed by atoms with Crippen LogP contribution < -0.4 is 5.73 Å². The first-order chi connectivity index (χ1) is 10.5. The van der Waals surface area contributed by atoms with Gasteiger partial charge in [0.1, 0.15) is 11.3 Å². The van der Waals surface area contributed by atoms with Crippen molar-refractivity contribution < 1.29 is 19.1 Å². The SMILES string of the molecule is CCOC(=O)C1=C(N)OC(C)=C(C(C)=O)[C@@H]1c1ccccc1. The summed E-state index contributed by atoms with van der Waals surface area (Å²) in [6, 6.07) is 9.25. The highest BCUT2D eigenvalue weighted by molar-refractivity contribution is 6.01. The average Bonchev–Trinajstić information content (AvgIpc) is 2.47. The van der Waals surface area contributed by atoms with Crippen molar-refractivity contribution in [1.29, 1.82) is 0 Å². The van der Waals surface area contributed by atoms with Crippen molar-refractivity contribution in [3.63, 3.8) is 0 Å². The summed E-state index contributed by atoms with van der Waals surface area (Å²) in [5.74, 6) is -0.922. The molecule has 5 nitrogen and oxygen atoms in total. The molecular formula is C17H19NO4. The minimum Gasteiger partial charge on any atom is -0.462 e. The Bertz CT molecular complexity index is 658. The van der Waals surface area contributed by atoms with E-state index in [-0.39, 0.29) is 23.8 Å². The predicted octanol–water partition coefficient (Wildman–Crippen LogP) is 2.40. The number of rotatable bonds is 4. The molecule has 1 heterocycles. The standard InChI is InChI=1S/C17H19NO4/c1-4-21-17(20)15-14(12-8-6-5-7-9-12)13(10(2)19)11(3)22-16(15)18/h5-9,14H,4,18H2,1-3H3/t14-/m0/s1. The molecular weight excluding hydrogens is 282 g/mol. The Labute approximate surface area is 129 Å². The van der Waals surface area contributed by atoms with Gasteiger partial charge in [0, 0.05) is 5.57 Å². The van der Waals surface area contributed by atoms with E-state index in [0.717, 1.165) is 5.56 Å². The molecule has 0 aromatic heterocycles. The molecule has 0 amide bonds. The van der Waals surface area contributed by atoms with E-state index < -0.39 is 11.9 Å². The van der Waals surface area contributed by atoms with Crippen molar-refractivity contribution in [3.8, 4) is 0 Å². The monoisotopic (exact) mass is 301 g/mol. The number of ketones is 1. The van der Waals surface area contributed by atoms with Gasteiger partial charge in [-0.05, 0) is 26.3 Å². The average molecular weight is 301 g/mol. The van der Waals surface area contributed by atoms with Crippen molar-refractivity contribution in [3.05, 3.63) is 58.7 Å². The van der Waals surface area contributed by atoms with E-state index in [9.17, 15) is 9.59 Å². The molecule has 1 aliphatic rings. The van der Waals surface area contributed by atoms with Gasteiger partial charge in [-0.1, -0.05) is 30.3 Å². The number of carbonyl (C=O) groups excluding carboxylic acids is 2. The largest absolute Gasteiger partial charge is 0.462 e. The van der Waals surface area contributed by atoms with Gasteiger partial charge in [-0.25, -0.2) is 4.79 Å². The van der Waals surface area contributed by atoms with Crippen LogP contribution in [-0.4, -0.2) is 18.4 Å². The molecule has 1 aromatic rings. The van der Waals surface area contributed by atoms with E-state index in [2.05, 4.69) is 0 Å². The van der Waals surface area contributed by atoms with Crippen LogP contribution in [0, 0.1) is 0 Å². The van der Waals surface area contributed by atoms with E-state index in [1.807, 2.05) is 30.3 Å². The van der Waals surface area contributed by atoms with Gasteiger partial charge in [0.05, 0.1) is 12.5 Å². The zero-order chi connectivity index (χ0) is 16.3. The lowest BCUT2D eigenvalue weighted by Gasteiger charge is -2.28. The zero-order valence-electron chi connectivity index (χ0n) is 12.9. The molecule has 0 aliphatic carbocycles. The molecule has 2 N–H and O–H groups in total. The van der Waals surface area contributed by atoms with Crippen LogP contribution in [0.3, 0.4) is 0 Å². The van der Waals surface area contributed by atoms with Crippen LogP contribution in [-0.2, 0) is 19.1 Å². The van der Waals surface area contributed by atoms with E-state index in [1.54, 1.807) is 13.8 Å². The maximum Gasteiger partial charge on any atom is 0.340 e. The number of allylic oxidation sites excluding steroid dienone is 2. The number of hydrogen-bond donors (Lipinski definition) is 1. The van der Waals surface area contributed by atoms with Gasteiger partial charge in [0.25, 0.3) is 0 Å². The molecule has 2 rings (SSSR count). The van der Waals surface area contributed by atoms with Crippen LogP contribution in [0.1, 0.15) is 32.3 Å². The smallest absolute Gasteiger partial charge is 0.340 e. The number of ether oxygens (including phenoxy) is 2. The third kappa shape index (κ3) is 2.88. The van der Waals surface area contributed by atoms with Crippen LogP contribution in [0.15, 0.2) is 53.1 Å². The summed E-state index contributed by atoms with van der Waals surface area (Å²) in [5.41, 5.74) is 7.28. The Kier molecular flexibility index (Phi) is 4.65. The Hall–Kier alpha value is -2.56. The summed E-state index contributed by atoms with van der Waals surface area (Å²) in [7, 11) is 0. The molecule has 5 heteroatoms. The summed E-state index contributed by atoms with van der Waals surface area (Å²) in [6.07, 6.45) is 0. The van der Waals surface area contributed by atoms with Crippen molar-refractivity contribution >= 4 is 11.8 Å². The summed E-state index contributed by atoms with van der Waals surface area (Å²) in [5, 5.41) is 0. The molecule has 116 valence electrons. The third-order valence-electron chi connectivity index (χ3n) is 3.49. The van der Waals surface area contributed by atoms with Crippen LogP contribution in [0.2, 0.25) is 0 Å². The van der Waals surface area contributed by atoms with Gasteiger partial charge in [0.2, 0.25) is 5.88 Å². The molecule has 0 saturated heterocycles. The molecule has 0 spiro atoms. The van der Waals surface area contributed by atoms with Crippen LogP contribution >= 0.6 is 0 Å². The molecule has 22 heavy (non-hydrogen) atoms. The molecule has 1 atom stereocenters. The quantitative estimate of drug-likeness (QED) is 0.864. The van der Waals surface area contributed by atoms with Gasteiger partial charge in [-0.3, -0.25) is 4.79 Å². The lowest BCUT2D eigenvalue weighted by Crippen LogP contribution is -2.28. The fraction of sp³-hybridized carbons (Fsp3) is 0.294. The predicted molar refractivity (Wildman–Crippen MR) is 81.5 cm³/mol. The van der Waals surface area contributed by atoms with Gasteiger partial charge in [0.15, 0.2) is 5.78 Å². The Morgan fingerprint density at radius 2 is 1.86 bits per heavy atom. The lowest BCUT2D eigenvalue weighted by atomic mass is 9.81. The Morgan fingerprint density at radius 3 is 2.41 bits per heavy atom. The number of benzene rings is 1. The first-order valence-electron chi connectivity index (χ1n) is 7.08. The zero-order valence-corrected chi connectivity index (χ0v) is 12.9. The molecule has 1 aromatic carbocycles. The van der Waals surface area contributed by atoms with Gasteiger partial charge < -0.3 is 15.2 Å². The number of hydrogen-bond acceptors (Lipinski definition) is 5. The normalized spacial score (nSPS) is 18.0. The summed E-state index contributed by atoms with van der Waals surface area (Å²) in [4.78, 5) is 24.4. The number of carbonyl (C=O) groups is 2. The topological polar surface area (TPSA) is 78.6 Å². The summed E-state index contributed by atoms with van der Waals surface area (Å²) in [6.45, 7) is 5.04. The fourth-order valence-electron chi connectivity index (χ4n) is 2.62. The molecule has 0 bridgehead atoms. The summed E-state index contributed by atoms with van der Waals surface area (Å²) < 4.78 is 10.5. The van der Waals surface area contributed by atoms with Crippen molar-refractivity contribution in [2.45, 2.75) is 26.7 Å². The third-order valence-corrected chi connectivity index (χ3v) is 3.49. The lowest BCUT2D eigenvalue weighted by molar-refractivity contribution is -0.139. The van der Waals surface area contributed by atoms with Crippen LogP contribution in [0.25, 0.3) is 0 Å². The highest BCUT2D eigenvalue weighted by atomic mass is 16.5. The maximum absolute atomic E-state index is 12.3. The molecule has 0 saturated carbocycles. The van der Waals surface area contributed by atoms with E-state index >= 15 is 0 Å². The van der Waals surface area contributed by atoms with Gasteiger partial charge >= 0.3 is 5.97 Å². The first kappa shape index (κ1) is 15.8. The molecule has 0 radical (unpaired) electrons. The first-order valence-corrected chi connectivity index (χ1v) is 7.08. The second-order valence-electron chi connectivity index (χ2n) is 4.97. The Balaban J connectivity index is 2.62. The van der Waals surface area contributed by atoms with Crippen molar-refractivity contribution in [2.24, 2.45) is 5.73 Å². The number of nitrogens with two attached hydrogens (primary N) is 1. The highest BCUT2D eigenvalue weighted by Crippen LogP contribution is 2.40. The second kappa shape index (κ2) is 6.47. The van der Waals surface area contributed by atoms with Gasteiger partial charge in [-0.15, -0.1) is 0 Å². The van der Waals surface area contributed by atoms with E-state index in [1.165, 1.54) is 6.92 Å². The minimum absolute atomic E-state index is 0.0187. The highest BCUT2D eigenvalue weighted by Gasteiger charge is 2.37. The van der Waals surface area contributed by atoms with Crippen molar-refractivity contribution in [1.82, 2.24) is 0 Å².